The third kappa shape index (κ3) is 5.14. The quantitative estimate of drug-likeness (QED) is 0.778. The highest BCUT2D eigenvalue weighted by Gasteiger charge is 2.12. The molecule has 1 heterocycles. The molecule has 4 nitrogen and oxygen atoms in total. The highest BCUT2D eigenvalue weighted by molar-refractivity contribution is 7.99. The van der Waals surface area contributed by atoms with Crippen LogP contribution in [0, 0.1) is 25.2 Å². The highest BCUT2D eigenvalue weighted by Crippen LogP contribution is 2.24. The molecule has 1 atom stereocenters. The zero-order valence-corrected chi connectivity index (χ0v) is 14.6. The van der Waals surface area contributed by atoms with Gasteiger partial charge in [-0.05, 0) is 49.7 Å². The Balaban J connectivity index is 1.91. The van der Waals surface area contributed by atoms with Crippen molar-refractivity contribution in [1.29, 1.82) is 5.26 Å². The molecule has 0 amide bonds. The monoisotopic (exact) mass is 347 g/mol. The standard InChI is InChI=1S/C17H18ClN3OS/c1-11-7-12(2)21-17(16(11)8-19)23-10-15(22)9-20-14-5-3-13(18)4-6-14/h3-7,15,20,22H,9-10H2,1-2H3. The Kier molecular flexibility index (Phi) is 6.28. The Morgan fingerprint density at radius 3 is 2.70 bits per heavy atom. The van der Waals surface area contributed by atoms with E-state index in [9.17, 15) is 10.4 Å². The molecule has 1 aromatic heterocycles. The summed E-state index contributed by atoms with van der Waals surface area (Å²) in [4.78, 5) is 4.40. The molecule has 2 aromatic rings. The van der Waals surface area contributed by atoms with Crippen molar-refractivity contribution < 1.29 is 5.11 Å². The first-order valence-corrected chi connectivity index (χ1v) is 8.54. The molecule has 0 bridgehead atoms. The van der Waals surface area contributed by atoms with Crippen molar-refractivity contribution in [2.75, 3.05) is 17.6 Å². The number of halogens is 1. The van der Waals surface area contributed by atoms with E-state index in [1.165, 1.54) is 11.8 Å². The lowest BCUT2D eigenvalue weighted by Gasteiger charge is -2.13. The van der Waals surface area contributed by atoms with Crippen LogP contribution in [0.2, 0.25) is 5.02 Å². The number of pyridine rings is 1. The van der Waals surface area contributed by atoms with Crippen molar-refractivity contribution in [2.24, 2.45) is 0 Å². The van der Waals surface area contributed by atoms with Crippen LogP contribution in [-0.4, -0.2) is 28.5 Å². The summed E-state index contributed by atoms with van der Waals surface area (Å²) in [6.45, 7) is 4.22. The third-order valence-corrected chi connectivity index (χ3v) is 4.59. The number of thioether (sulfide) groups is 1. The van der Waals surface area contributed by atoms with E-state index in [0.717, 1.165) is 16.9 Å². The minimum absolute atomic E-state index is 0.418. The molecule has 0 spiro atoms. The summed E-state index contributed by atoms with van der Waals surface area (Å²) in [7, 11) is 0. The highest BCUT2D eigenvalue weighted by atomic mass is 35.5. The van der Waals surface area contributed by atoms with Gasteiger partial charge in [0.1, 0.15) is 11.1 Å². The summed E-state index contributed by atoms with van der Waals surface area (Å²) >= 11 is 7.23. The van der Waals surface area contributed by atoms with E-state index in [4.69, 9.17) is 11.6 Å². The predicted molar refractivity (Wildman–Crippen MR) is 95.1 cm³/mol. The Morgan fingerprint density at radius 2 is 2.04 bits per heavy atom. The van der Waals surface area contributed by atoms with E-state index in [2.05, 4.69) is 16.4 Å². The Morgan fingerprint density at radius 1 is 1.35 bits per heavy atom. The Labute approximate surface area is 145 Å². The fourth-order valence-corrected chi connectivity index (χ4v) is 3.23. The van der Waals surface area contributed by atoms with Crippen molar-refractivity contribution in [1.82, 2.24) is 4.98 Å². The van der Waals surface area contributed by atoms with Gasteiger partial charge in [0, 0.05) is 28.7 Å². The number of hydrogen-bond acceptors (Lipinski definition) is 5. The molecule has 0 aliphatic carbocycles. The fourth-order valence-electron chi connectivity index (χ4n) is 2.08. The number of benzene rings is 1. The van der Waals surface area contributed by atoms with Crippen LogP contribution >= 0.6 is 23.4 Å². The maximum absolute atomic E-state index is 10.1. The van der Waals surface area contributed by atoms with Gasteiger partial charge in [0.15, 0.2) is 0 Å². The number of nitrogens with zero attached hydrogens (tertiary/aromatic N) is 2. The fraction of sp³-hybridized carbons (Fsp3) is 0.294. The van der Waals surface area contributed by atoms with Gasteiger partial charge >= 0.3 is 0 Å². The zero-order chi connectivity index (χ0) is 16.8. The van der Waals surface area contributed by atoms with Crippen molar-refractivity contribution in [3.05, 3.63) is 52.2 Å². The van der Waals surface area contributed by atoms with Crippen LogP contribution in [0.3, 0.4) is 0 Å². The SMILES string of the molecule is Cc1cc(C)c(C#N)c(SCC(O)CNc2ccc(Cl)cc2)n1. The minimum atomic E-state index is -0.551. The van der Waals surface area contributed by atoms with E-state index in [-0.39, 0.29) is 0 Å². The first-order chi connectivity index (χ1) is 11.0. The smallest absolute Gasteiger partial charge is 0.114 e. The summed E-state index contributed by atoms with van der Waals surface area (Å²) in [6, 6.07) is 11.4. The first kappa shape index (κ1) is 17.6. The number of nitriles is 1. The van der Waals surface area contributed by atoms with Gasteiger partial charge in [-0.2, -0.15) is 5.26 Å². The van der Waals surface area contributed by atoms with Gasteiger partial charge in [-0.3, -0.25) is 0 Å². The van der Waals surface area contributed by atoms with Gasteiger partial charge < -0.3 is 10.4 Å². The normalized spacial score (nSPS) is 11.8. The van der Waals surface area contributed by atoms with Crippen LogP contribution in [0.4, 0.5) is 5.69 Å². The average Bonchev–Trinajstić information content (AvgIpc) is 2.52. The number of aryl methyl sites for hydroxylation is 2. The molecule has 0 saturated heterocycles. The largest absolute Gasteiger partial charge is 0.390 e. The van der Waals surface area contributed by atoms with Gasteiger partial charge in [-0.25, -0.2) is 4.98 Å². The Bertz CT molecular complexity index is 713. The second kappa shape index (κ2) is 8.21. The topological polar surface area (TPSA) is 68.9 Å². The summed E-state index contributed by atoms with van der Waals surface area (Å²) in [5, 5.41) is 23.9. The maximum Gasteiger partial charge on any atom is 0.114 e. The Hall–Kier alpha value is -1.74. The number of rotatable bonds is 6. The van der Waals surface area contributed by atoms with Gasteiger partial charge in [0.2, 0.25) is 0 Å². The van der Waals surface area contributed by atoms with Gasteiger partial charge in [0.05, 0.1) is 11.7 Å². The number of aromatic nitrogens is 1. The van der Waals surface area contributed by atoms with Crippen molar-refractivity contribution in [2.45, 2.75) is 25.0 Å². The molecule has 0 radical (unpaired) electrons. The zero-order valence-electron chi connectivity index (χ0n) is 13.0. The number of nitrogens with one attached hydrogen (secondary N) is 1. The number of aliphatic hydroxyl groups excluding tert-OH is 1. The van der Waals surface area contributed by atoms with E-state index >= 15 is 0 Å². The summed E-state index contributed by atoms with van der Waals surface area (Å²) in [6.07, 6.45) is -0.551. The molecule has 6 heteroatoms. The molecule has 1 aromatic carbocycles. The predicted octanol–water partition coefficient (Wildman–Crippen LogP) is 3.79. The van der Waals surface area contributed by atoms with E-state index in [0.29, 0.717) is 27.9 Å². The summed E-state index contributed by atoms with van der Waals surface area (Å²) in [5.74, 6) is 0.463. The van der Waals surface area contributed by atoms with E-state index in [1.54, 1.807) is 12.1 Å². The lowest BCUT2D eigenvalue weighted by Crippen LogP contribution is -2.22. The van der Waals surface area contributed by atoms with Crippen molar-refractivity contribution in [3.63, 3.8) is 0 Å². The number of anilines is 1. The third-order valence-electron chi connectivity index (χ3n) is 3.22. The molecule has 120 valence electrons. The average molecular weight is 348 g/mol. The molecule has 23 heavy (non-hydrogen) atoms. The molecule has 2 N–H and O–H groups in total. The first-order valence-electron chi connectivity index (χ1n) is 7.18. The van der Waals surface area contributed by atoms with Crippen LogP contribution in [0.15, 0.2) is 35.4 Å². The molecular weight excluding hydrogens is 330 g/mol. The van der Waals surface area contributed by atoms with E-state index < -0.39 is 6.10 Å². The van der Waals surface area contributed by atoms with Gasteiger partial charge in [-0.15, -0.1) is 11.8 Å². The maximum atomic E-state index is 10.1. The van der Waals surface area contributed by atoms with Crippen LogP contribution < -0.4 is 5.32 Å². The molecule has 0 fully saturated rings. The minimum Gasteiger partial charge on any atom is -0.390 e. The lowest BCUT2D eigenvalue weighted by molar-refractivity contribution is 0.213. The summed E-state index contributed by atoms with van der Waals surface area (Å²) in [5.41, 5.74) is 3.27. The summed E-state index contributed by atoms with van der Waals surface area (Å²) < 4.78 is 0. The lowest BCUT2D eigenvalue weighted by atomic mass is 10.1. The van der Waals surface area contributed by atoms with Crippen LogP contribution in [0.25, 0.3) is 0 Å². The molecule has 0 aliphatic heterocycles. The molecule has 0 saturated carbocycles. The van der Waals surface area contributed by atoms with Crippen molar-refractivity contribution >= 4 is 29.1 Å². The van der Waals surface area contributed by atoms with E-state index in [1.807, 2.05) is 32.0 Å². The molecule has 1 unspecified atom stereocenters. The molecule has 2 rings (SSSR count). The van der Waals surface area contributed by atoms with Crippen LogP contribution in [0.1, 0.15) is 16.8 Å². The van der Waals surface area contributed by atoms with Gasteiger partial charge in [-0.1, -0.05) is 11.6 Å². The number of aliphatic hydroxyl groups is 1. The van der Waals surface area contributed by atoms with Gasteiger partial charge in [0.25, 0.3) is 0 Å². The number of hydrogen-bond donors (Lipinski definition) is 2. The van der Waals surface area contributed by atoms with Crippen LogP contribution in [-0.2, 0) is 0 Å². The molecule has 0 aliphatic rings. The van der Waals surface area contributed by atoms with Crippen molar-refractivity contribution in [3.8, 4) is 6.07 Å². The van der Waals surface area contributed by atoms with Crippen LogP contribution in [0.5, 0.6) is 0 Å². The molecular formula is C17H18ClN3OS. The second-order valence-corrected chi connectivity index (χ2v) is 6.67. The second-order valence-electron chi connectivity index (χ2n) is 5.23.